The molecule has 1 fully saturated rings. The first-order chi connectivity index (χ1) is 16.8. The van der Waals surface area contributed by atoms with E-state index in [1.807, 2.05) is 48.3 Å². The Balaban J connectivity index is 1.66. The number of hydrazine groups is 1. The van der Waals surface area contributed by atoms with Crippen molar-refractivity contribution in [3.8, 4) is 0 Å². The van der Waals surface area contributed by atoms with Crippen molar-refractivity contribution < 1.29 is 8.42 Å². The summed E-state index contributed by atoms with van der Waals surface area (Å²) >= 11 is 12.3. The van der Waals surface area contributed by atoms with E-state index in [1.165, 1.54) is 4.41 Å². The number of sulfonamides is 1. The van der Waals surface area contributed by atoms with Gasteiger partial charge in [-0.3, -0.25) is 0 Å². The first kappa shape index (κ1) is 25.7. The molecule has 1 aliphatic heterocycles. The zero-order valence-corrected chi connectivity index (χ0v) is 22.1. The molecule has 0 N–H and O–H groups in total. The second-order valence-electron chi connectivity index (χ2n) is 8.66. The van der Waals surface area contributed by atoms with Crippen LogP contribution in [0.25, 0.3) is 0 Å². The fourth-order valence-corrected chi connectivity index (χ4v) is 6.17. The molecule has 1 saturated heterocycles. The standard InChI is InChI=1S/C25H29Cl2N5O2S/c1-29(2)14-12-20-19-22(27)8-11-24(20)35(33,34)32(25-5-3-4-13-28-25)31-17-15-30(16-18-31)23-9-6-21(26)7-10-23/h3-11,13,19H,12,14-18H2,1-2H3. The van der Waals surface area contributed by atoms with Crippen LogP contribution in [-0.2, 0) is 16.4 Å². The number of anilines is 2. The van der Waals surface area contributed by atoms with Crippen LogP contribution in [-0.4, -0.2) is 70.1 Å². The largest absolute Gasteiger partial charge is 0.369 e. The molecule has 1 aromatic heterocycles. The first-order valence-electron chi connectivity index (χ1n) is 11.4. The Morgan fingerprint density at radius 1 is 0.914 bits per heavy atom. The van der Waals surface area contributed by atoms with Crippen LogP contribution in [0.1, 0.15) is 5.56 Å². The number of aromatic nitrogens is 1. The molecular formula is C25H29Cl2N5O2S. The summed E-state index contributed by atoms with van der Waals surface area (Å²) in [5.74, 6) is 0.362. The van der Waals surface area contributed by atoms with Crippen LogP contribution in [0.4, 0.5) is 11.5 Å². The average molecular weight is 535 g/mol. The summed E-state index contributed by atoms with van der Waals surface area (Å²) in [4.78, 5) is 8.88. The average Bonchev–Trinajstić information content (AvgIpc) is 2.84. The van der Waals surface area contributed by atoms with E-state index < -0.39 is 10.0 Å². The fraction of sp³-hybridized carbons (Fsp3) is 0.320. The van der Waals surface area contributed by atoms with Gasteiger partial charge < -0.3 is 9.80 Å². The first-order valence-corrected chi connectivity index (χ1v) is 13.6. The zero-order valence-electron chi connectivity index (χ0n) is 19.8. The molecule has 1 aliphatic rings. The Morgan fingerprint density at radius 2 is 1.60 bits per heavy atom. The van der Waals surface area contributed by atoms with Gasteiger partial charge in [-0.15, -0.1) is 0 Å². The summed E-state index contributed by atoms with van der Waals surface area (Å²) in [6.45, 7) is 3.05. The van der Waals surface area contributed by atoms with Crippen LogP contribution in [0.5, 0.6) is 0 Å². The second-order valence-corrected chi connectivity index (χ2v) is 11.3. The maximum atomic E-state index is 14.2. The van der Waals surface area contributed by atoms with Crippen LogP contribution >= 0.6 is 23.2 Å². The lowest BCUT2D eigenvalue weighted by Gasteiger charge is -2.41. The molecule has 2 heterocycles. The summed E-state index contributed by atoms with van der Waals surface area (Å²) in [6, 6.07) is 18.0. The van der Waals surface area contributed by atoms with Crippen molar-refractivity contribution in [1.82, 2.24) is 14.9 Å². The number of hydrogen-bond acceptors (Lipinski definition) is 6. The van der Waals surface area contributed by atoms with Crippen molar-refractivity contribution in [3.63, 3.8) is 0 Å². The predicted octanol–water partition coefficient (Wildman–Crippen LogP) is 4.43. The van der Waals surface area contributed by atoms with Crippen LogP contribution in [0.15, 0.2) is 71.8 Å². The highest BCUT2D eigenvalue weighted by molar-refractivity contribution is 7.92. The molecule has 0 amide bonds. The van der Waals surface area contributed by atoms with E-state index in [1.54, 1.807) is 42.6 Å². The molecule has 10 heteroatoms. The topological polar surface area (TPSA) is 60.0 Å². The molecule has 3 aromatic rings. The Bertz CT molecular complexity index is 1230. The molecule has 35 heavy (non-hydrogen) atoms. The van der Waals surface area contributed by atoms with Crippen LogP contribution in [0.3, 0.4) is 0 Å². The van der Waals surface area contributed by atoms with Gasteiger partial charge in [0.15, 0.2) is 5.82 Å². The van der Waals surface area contributed by atoms with Crippen LogP contribution < -0.4 is 9.31 Å². The van der Waals surface area contributed by atoms with E-state index in [2.05, 4.69) is 9.88 Å². The number of piperazine rings is 1. The Hall–Kier alpha value is -2.36. The summed E-state index contributed by atoms with van der Waals surface area (Å²) in [5.41, 5.74) is 1.75. The Labute approximate surface area is 217 Å². The van der Waals surface area contributed by atoms with Gasteiger partial charge in [-0.2, -0.15) is 12.8 Å². The number of pyridine rings is 1. The summed E-state index contributed by atoms with van der Waals surface area (Å²) in [5, 5.41) is 3.06. The van der Waals surface area contributed by atoms with Crippen molar-refractivity contribution in [1.29, 1.82) is 0 Å². The molecule has 0 unspecified atom stereocenters. The second kappa shape index (κ2) is 11.1. The van der Waals surface area contributed by atoms with Gasteiger partial charge in [0.2, 0.25) is 0 Å². The van der Waals surface area contributed by atoms with Crippen molar-refractivity contribution in [2.24, 2.45) is 0 Å². The van der Waals surface area contributed by atoms with Crippen LogP contribution in [0, 0.1) is 0 Å². The minimum Gasteiger partial charge on any atom is -0.369 e. The molecule has 2 aromatic carbocycles. The smallest absolute Gasteiger partial charge is 0.279 e. The Morgan fingerprint density at radius 3 is 2.23 bits per heavy atom. The lowest BCUT2D eigenvalue weighted by atomic mass is 10.1. The van der Waals surface area contributed by atoms with E-state index in [0.29, 0.717) is 60.6 Å². The molecule has 0 atom stereocenters. The molecule has 186 valence electrons. The molecule has 0 radical (unpaired) electrons. The minimum absolute atomic E-state index is 0.245. The van der Waals surface area contributed by atoms with Gasteiger partial charge in [-0.05, 0) is 80.7 Å². The van der Waals surface area contributed by atoms with Crippen LogP contribution in [0.2, 0.25) is 10.0 Å². The van der Waals surface area contributed by atoms with Crippen molar-refractivity contribution in [2.45, 2.75) is 11.3 Å². The Kier molecular flexibility index (Phi) is 8.19. The van der Waals surface area contributed by atoms with Gasteiger partial charge in [0.25, 0.3) is 10.0 Å². The summed E-state index contributed by atoms with van der Waals surface area (Å²) < 4.78 is 29.7. The van der Waals surface area contributed by atoms with Crippen molar-refractivity contribution in [2.75, 3.05) is 56.1 Å². The number of likely N-dealkylation sites (N-methyl/N-ethyl adjacent to an activating group) is 1. The highest BCUT2D eigenvalue weighted by Crippen LogP contribution is 2.30. The SMILES string of the molecule is CN(C)CCc1cc(Cl)ccc1S(=O)(=O)N(c1ccccn1)N1CCN(c2ccc(Cl)cc2)CC1. The fourth-order valence-electron chi connectivity index (χ4n) is 4.11. The van der Waals surface area contributed by atoms with Gasteiger partial charge in [-0.25, -0.2) is 9.99 Å². The lowest BCUT2D eigenvalue weighted by Crippen LogP contribution is -2.56. The van der Waals surface area contributed by atoms with Gasteiger partial charge >= 0.3 is 0 Å². The number of halogens is 2. The predicted molar refractivity (Wildman–Crippen MR) is 143 cm³/mol. The van der Waals surface area contributed by atoms with E-state index in [-0.39, 0.29) is 4.90 Å². The third-order valence-corrected chi connectivity index (χ3v) is 8.22. The minimum atomic E-state index is -3.95. The molecular weight excluding hydrogens is 505 g/mol. The highest BCUT2D eigenvalue weighted by Gasteiger charge is 2.35. The van der Waals surface area contributed by atoms with Crippen molar-refractivity contribution in [3.05, 3.63) is 82.5 Å². The lowest BCUT2D eigenvalue weighted by molar-refractivity contribution is 0.269. The van der Waals surface area contributed by atoms with Gasteiger partial charge in [0, 0.05) is 54.7 Å². The van der Waals surface area contributed by atoms with E-state index in [4.69, 9.17) is 23.2 Å². The third kappa shape index (κ3) is 6.08. The van der Waals surface area contributed by atoms with Gasteiger partial charge in [0.05, 0.1) is 4.90 Å². The van der Waals surface area contributed by atoms with Gasteiger partial charge in [0.1, 0.15) is 0 Å². The van der Waals surface area contributed by atoms with E-state index in [0.717, 1.165) is 5.69 Å². The third-order valence-electron chi connectivity index (χ3n) is 5.91. The van der Waals surface area contributed by atoms with Gasteiger partial charge in [-0.1, -0.05) is 29.3 Å². The maximum Gasteiger partial charge on any atom is 0.279 e. The molecule has 0 spiro atoms. The number of benzene rings is 2. The molecule has 0 bridgehead atoms. The number of nitrogens with zero attached hydrogens (tertiary/aromatic N) is 5. The molecule has 0 saturated carbocycles. The zero-order chi connectivity index (χ0) is 25.0. The number of hydrogen-bond donors (Lipinski definition) is 0. The summed E-state index contributed by atoms with van der Waals surface area (Å²) in [7, 11) is -0.0383. The van der Waals surface area contributed by atoms with E-state index >= 15 is 0 Å². The quantitative estimate of drug-likeness (QED) is 0.427. The summed E-state index contributed by atoms with van der Waals surface area (Å²) in [6.07, 6.45) is 2.17. The molecule has 4 rings (SSSR count). The maximum absolute atomic E-state index is 14.2. The molecule has 7 nitrogen and oxygen atoms in total. The number of rotatable bonds is 8. The normalized spacial score (nSPS) is 14.9. The monoisotopic (exact) mass is 533 g/mol. The molecule has 0 aliphatic carbocycles. The van der Waals surface area contributed by atoms with Crippen molar-refractivity contribution >= 4 is 44.7 Å². The van der Waals surface area contributed by atoms with E-state index in [9.17, 15) is 8.42 Å². The highest BCUT2D eigenvalue weighted by atomic mass is 35.5.